The molecule has 17 heavy (non-hydrogen) atoms. The van der Waals surface area contributed by atoms with E-state index >= 15 is 0 Å². The van der Waals surface area contributed by atoms with Gasteiger partial charge in [-0.25, -0.2) is 4.79 Å². The molecule has 1 unspecified atom stereocenters. The van der Waals surface area contributed by atoms with E-state index in [2.05, 4.69) is 4.74 Å². The van der Waals surface area contributed by atoms with E-state index in [0.29, 0.717) is 5.75 Å². The molecule has 0 bridgehead atoms. The summed E-state index contributed by atoms with van der Waals surface area (Å²) in [7, 11) is 1.39. The van der Waals surface area contributed by atoms with Gasteiger partial charge in [-0.2, -0.15) is 0 Å². The number of rotatable bonds is 5. The fourth-order valence-electron chi connectivity index (χ4n) is 1.44. The maximum absolute atomic E-state index is 11.5. The summed E-state index contributed by atoms with van der Waals surface area (Å²) in [4.78, 5) is 21.8. The lowest BCUT2D eigenvalue weighted by atomic mass is 10.1. The molecule has 0 N–H and O–H groups in total. The Bertz CT molecular complexity index is 418. The number of carbonyl (C=O) groups excluding carboxylic acids is 1. The summed E-state index contributed by atoms with van der Waals surface area (Å²) in [5.74, 6) is -0.593. The zero-order valence-corrected chi connectivity index (χ0v) is 9.58. The van der Waals surface area contributed by atoms with Crippen LogP contribution in [0.2, 0.25) is 0 Å². The summed E-state index contributed by atoms with van der Waals surface area (Å²) >= 11 is 0. The largest absolute Gasteiger partial charge is 0.496 e. The molecule has 0 amide bonds. The van der Waals surface area contributed by atoms with Crippen LogP contribution in [0.1, 0.15) is 18.5 Å². The van der Waals surface area contributed by atoms with Gasteiger partial charge in [-0.05, 0) is 19.1 Å². The maximum atomic E-state index is 11.5. The first-order valence-electron chi connectivity index (χ1n) is 5.04. The number of esters is 1. The van der Waals surface area contributed by atoms with E-state index in [9.17, 15) is 14.9 Å². The SMILES string of the molecule is CCOC(=O)C(c1ccccc1OC)[N+](=O)[O-]. The molecule has 1 aromatic rings. The van der Waals surface area contributed by atoms with Crippen LogP contribution in [0.3, 0.4) is 0 Å². The molecule has 1 atom stereocenters. The van der Waals surface area contributed by atoms with Crippen LogP contribution < -0.4 is 4.74 Å². The van der Waals surface area contributed by atoms with Crippen LogP contribution in [0, 0.1) is 10.1 Å². The molecule has 0 fully saturated rings. The fourth-order valence-corrected chi connectivity index (χ4v) is 1.44. The average Bonchev–Trinajstić information content (AvgIpc) is 2.30. The number of methoxy groups -OCH3 is 1. The molecule has 92 valence electrons. The molecule has 0 spiro atoms. The van der Waals surface area contributed by atoms with E-state index in [4.69, 9.17) is 4.74 Å². The maximum Gasteiger partial charge on any atom is 0.386 e. The third kappa shape index (κ3) is 2.93. The summed E-state index contributed by atoms with van der Waals surface area (Å²) in [6.07, 6.45) is 0. The van der Waals surface area contributed by atoms with E-state index in [1.165, 1.54) is 13.2 Å². The Morgan fingerprint density at radius 1 is 1.47 bits per heavy atom. The van der Waals surface area contributed by atoms with Crippen molar-refractivity contribution in [3.05, 3.63) is 39.9 Å². The van der Waals surface area contributed by atoms with E-state index in [0.717, 1.165) is 0 Å². The lowest BCUT2D eigenvalue weighted by molar-refractivity contribution is -0.516. The Kier molecular flexibility index (Phi) is 4.45. The molecular weight excluding hydrogens is 226 g/mol. The molecule has 0 heterocycles. The van der Waals surface area contributed by atoms with Crippen LogP contribution in [0.5, 0.6) is 5.75 Å². The summed E-state index contributed by atoms with van der Waals surface area (Å²) in [5.41, 5.74) is 0.193. The number of carbonyl (C=O) groups is 1. The summed E-state index contributed by atoms with van der Waals surface area (Å²) in [6.45, 7) is 1.69. The number of hydrogen-bond donors (Lipinski definition) is 0. The zero-order chi connectivity index (χ0) is 12.8. The number of benzene rings is 1. The Hall–Kier alpha value is -2.11. The highest BCUT2D eigenvalue weighted by molar-refractivity contribution is 5.77. The zero-order valence-electron chi connectivity index (χ0n) is 9.58. The van der Waals surface area contributed by atoms with Gasteiger partial charge in [0.05, 0.1) is 19.3 Å². The van der Waals surface area contributed by atoms with Crippen molar-refractivity contribution < 1.29 is 19.2 Å². The predicted molar refractivity (Wildman–Crippen MR) is 59.4 cm³/mol. The van der Waals surface area contributed by atoms with Crippen molar-refractivity contribution in [3.63, 3.8) is 0 Å². The van der Waals surface area contributed by atoms with Crippen LogP contribution in [0.15, 0.2) is 24.3 Å². The Labute approximate surface area is 98.3 Å². The van der Waals surface area contributed by atoms with E-state index in [-0.39, 0.29) is 12.2 Å². The number of nitro groups is 1. The van der Waals surface area contributed by atoms with Crippen molar-refractivity contribution in [2.45, 2.75) is 13.0 Å². The summed E-state index contributed by atoms with van der Waals surface area (Å²) < 4.78 is 9.68. The first-order valence-corrected chi connectivity index (χ1v) is 5.04. The van der Waals surface area contributed by atoms with Crippen molar-refractivity contribution in [2.24, 2.45) is 0 Å². The van der Waals surface area contributed by atoms with E-state index < -0.39 is 16.9 Å². The molecular formula is C11H13NO5. The molecule has 0 radical (unpaired) electrons. The quantitative estimate of drug-likeness (QED) is 0.442. The van der Waals surface area contributed by atoms with E-state index in [1.54, 1.807) is 25.1 Å². The Balaban J connectivity index is 3.14. The molecule has 0 aliphatic heterocycles. The third-order valence-electron chi connectivity index (χ3n) is 2.15. The van der Waals surface area contributed by atoms with Gasteiger partial charge in [0.2, 0.25) is 0 Å². The number of para-hydroxylation sites is 1. The standard InChI is InChI=1S/C11H13NO5/c1-3-17-11(13)10(12(14)15)8-6-4-5-7-9(8)16-2/h4-7,10H,3H2,1-2H3. The van der Waals surface area contributed by atoms with Crippen LogP contribution in [-0.4, -0.2) is 24.6 Å². The monoisotopic (exact) mass is 239 g/mol. The minimum absolute atomic E-state index is 0.0956. The smallest absolute Gasteiger partial charge is 0.386 e. The highest BCUT2D eigenvalue weighted by Crippen LogP contribution is 2.27. The molecule has 0 aliphatic carbocycles. The van der Waals surface area contributed by atoms with Crippen molar-refractivity contribution in [1.29, 1.82) is 0 Å². The average molecular weight is 239 g/mol. The highest BCUT2D eigenvalue weighted by atomic mass is 16.6. The first kappa shape index (κ1) is 13.0. The number of hydrogen-bond acceptors (Lipinski definition) is 5. The van der Waals surface area contributed by atoms with Gasteiger partial charge in [-0.15, -0.1) is 0 Å². The molecule has 0 saturated heterocycles. The van der Waals surface area contributed by atoms with Gasteiger partial charge in [-0.3, -0.25) is 10.1 Å². The molecule has 6 heteroatoms. The van der Waals surface area contributed by atoms with Gasteiger partial charge in [0.25, 0.3) is 0 Å². The number of nitrogens with zero attached hydrogens (tertiary/aromatic N) is 1. The summed E-state index contributed by atoms with van der Waals surface area (Å²) in [5, 5.41) is 10.9. The fraction of sp³-hybridized carbons (Fsp3) is 0.364. The van der Waals surface area contributed by atoms with Crippen LogP contribution in [0.4, 0.5) is 0 Å². The second-order valence-electron chi connectivity index (χ2n) is 3.18. The minimum Gasteiger partial charge on any atom is -0.496 e. The number of ether oxygens (including phenoxy) is 2. The third-order valence-corrected chi connectivity index (χ3v) is 2.15. The van der Waals surface area contributed by atoms with Gasteiger partial charge >= 0.3 is 12.0 Å². The topological polar surface area (TPSA) is 78.7 Å². The second-order valence-corrected chi connectivity index (χ2v) is 3.18. The van der Waals surface area contributed by atoms with Crippen molar-refractivity contribution >= 4 is 5.97 Å². The minimum atomic E-state index is -1.55. The molecule has 1 aromatic carbocycles. The Morgan fingerprint density at radius 2 is 2.12 bits per heavy atom. The van der Waals surface area contributed by atoms with Gasteiger partial charge in [-0.1, -0.05) is 12.1 Å². The van der Waals surface area contributed by atoms with Gasteiger partial charge < -0.3 is 9.47 Å². The first-order chi connectivity index (χ1) is 8.11. The predicted octanol–water partition coefficient (Wildman–Crippen LogP) is 1.58. The van der Waals surface area contributed by atoms with Crippen molar-refractivity contribution in [3.8, 4) is 5.75 Å². The van der Waals surface area contributed by atoms with Gasteiger partial charge in [0.15, 0.2) is 0 Å². The van der Waals surface area contributed by atoms with Crippen molar-refractivity contribution in [2.75, 3.05) is 13.7 Å². The van der Waals surface area contributed by atoms with Crippen LogP contribution in [0.25, 0.3) is 0 Å². The van der Waals surface area contributed by atoms with Gasteiger partial charge in [0, 0.05) is 4.92 Å². The Morgan fingerprint density at radius 3 is 2.65 bits per heavy atom. The molecule has 0 aromatic heterocycles. The lowest BCUT2D eigenvalue weighted by Gasteiger charge is -2.11. The molecule has 6 nitrogen and oxygen atoms in total. The van der Waals surface area contributed by atoms with E-state index in [1.807, 2.05) is 0 Å². The molecule has 0 aliphatic rings. The van der Waals surface area contributed by atoms with Gasteiger partial charge in [0.1, 0.15) is 5.75 Å². The normalized spacial score (nSPS) is 11.6. The second kappa shape index (κ2) is 5.83. The summed E-state index contributed by atoms with van der Waals surface area (Å²) in [6, 6.07) is 4.76. The lowest BCUT2D eigenvalue weighted by Crippen LogP contribution is -2.23. The van der Waals surface area contributed by atoms with Crippen molar-refractivity contribution in [1.82, 2.24) is 0 Å². The van der Waals surface area contributed by atoms with Crippen LogP contribution in [-0.2, 0) is 9.53 Å². The molecule has 1 rings (SSSR count). The highest BCUT2D eigenvalue weighted by Gasteiger charge is 2.35. The molecule has 0 saturated carbocycles. The van der Waals surface area contributed by atoms with Crippen LogP contribution >= 0.6 is 0 Å².